The Morgan fingerprint density at radius 1 is 1.04 bits per heavy atom. The number of methoxy groups -OCH3 is 2. The molecule has 1 saturated heterocycles. The summed E-state index contributed by atoms with van der Waals surface area (Å²) in [7, 11) is 3.03. The van der Waals surface area contributed by atoms with E-state index in [2.05, 4.69) is 5.32 Å². The van der Waals surface area contributed by atoms with Crippen molar-refractivity contribution < 1.29 is 24.0 Å². The van der Waals surface area contributed by atoms with E-state index in [-0.39, 0.29) is 23.8 Å². The zero-order chi connectivity index (χ0) is 19.9. The number of carbonyl (C=O) groups is 2. The second-order valence-electron chi connectivity index (χ2n) is 7.02. The largest absolute Gasteiger partial charge is 0.497 e. The molecule has 1 atom stereocenters. The van der Waals surface area contributed by atoms with Gasteiger partial charge in [-0.05, 0) is 12.1 Å². The quantitative estimate of drug-likeness (QED) is 0.747. The fourth-order valence-corrected chi connectivity index (χ4v) is 3.81. The number of amides is 1. The van der Waals surface area contributed by atoms with E-state index in [0.29, 0.717) is 11.4 Å². The van der Waals surface area contributed by atoms with Gasteiger partial charge in [0.15, 0.2) is 6.04 Å². The molecule has 6 heteroatoms. The van der Waals surface area contributed by atoms with Crippen LogP contribution in [0.4, 0.5) is 5.69 Å². The molecule has 6 nitrogen and oxygen atoms in total. The third-order valence-corrected chi connectivity index (χ3v) is 5.30. The van der Waals surface area contributed by atoms with Crippen LogP contribution in [-0.4, -0.2) is 39.2 Å². The lowest BCUT2D eigenvalue weighted by Gasteiger charge is -2.33. The first-order valence-corrected chi connectivity index (χ1v) is 9.54. The molecule has 1 heterocycles. The van der Waals surface area contributed by atoms with Crippen LogP contribution in [0, 0.1) is 5.92 Å². The number of anilines is 1. The number of benzene rings is 2. The predicted octanol–water partition coefficient (Wildman–Crippen LogP) is 1.84. The maximum absolute atomic E-state index is 13.2. The van der Waals surface area contributed by atoms with Gasteiger partial charge in [0, 0.05) is 30.2 Å². The summed E-state index contributed by atoms with van der Waals surface area (Å²) < 4.78 is 10.1. The molecule has 1 fully saturated rings. The Labute approximate surface area is 165 Å². The molecule has 148 valence electrons. The third-order valence-electron chi connectivity index (χ3n) is 5.30. The first kappa shape index (κ1) is 19.9. The van der Waals surface area contributed by atoms with E-state index >= 15 is 0 Å². The molecule has 2 N–H and O–H groups in total. The molecular weight excluding hydrogens is 356 g/mol. The van der Waals surface area contributed by atoms with Crippen LogP contribution in [0.2, 0.25) is 0 Å². The van der Waals surface area contributed by atoms with Gasteiger partial charge in [-0.25, -0.2) is 0 Å². The van der Waals surface area contributed by atoms with Crippen LogP contribution < -0.4 is 15.0 Å². The Morgan fingerprint density at radius 2 is 1.75 bits per heavy atom. The van der Waals surface area contributed by atoms with E-state index in [1.807, 2.05) is 48.5 Å². The van der Waals surface area contributed by atoms with Crippen molar-refractivity contribution in [1.29, 1.82) is 0 Å². The van der Waals surface area contributed by atoms with E-state index in [9.17, 15) is 9.59 Å². The van der Waals surface area contributed by atoms with E-state index in [1.165, 1.54) is 7.11 Å². The molecule has 0 spiro atoms. The van der Waals surface area contributed by atoms with Gasteiger partial charge in [0.2, 0.25) is 0 Å². The standard InChI is InChI=1S/C22H26N2O4/c1-27-19-10-6-9-18(15-19)23-21(25)20(16-7-4-3-5-8-16)24-13-11-17(12-14-24)22(26)28-2/h3-10,15,17,20H,11-14H2,1-2H3,(H,23,25)/p+1/t20-/m0/s1. The normalized spacial score (nSPS) is 20.1. The topological polar surface area (TPSA) is 69.1 Å². The molecule has 1 aliphatic heterocycles. The third kappa shape index (κ3) is 4.70. The zero-order valence-electron chi connectivity index (χ0n) is 16.3. The van der Waals surface area contributed by atoms with Crippen molar-refractivity contribution in [1.82, 2.24) is 0 Å². The zero-order valence-corrected chi connectivity index (χ0v) is 16.3. The Kier molecular flexibility index (Phi) is 6.66. The highest BCUT2D eigenvalue weighted by molar-refractivity contribution is 5.94. The van der Waals surface area contributed by atoms with E-state index in [4.69, 9.17) is 9.47 Å². The van der Waals surface area contributed by atoms with Gasteiger partial charge >= 0.3 is 5.97 Å². The fourth-order valence-electron chi connectivity index (χ4n) is 3.81. The molecule has 0 unspecified atom stereocenters. The van der Waals surface area contributed by atoms with Crippen molar-refractivity contribution >= 4 is 17.6 Å². The van der Waals surface area contributed by atoms with Crippen molar-refractivity contribution in [2.24, 2.45) is 5.92 Å². The van der Waals surface area contributed by atoms with E-state index < -0.39 is 0 Å². The molecule has 0 saturated carbocycles. The summed E-state index contributed by atoms with van der Waals surface area (Å²) in [5, 5.41) is 3.03. The molecule has 0 aliphatic carbocycles. The van der Waals surface area contributed by atoms with Crippen LogP contribution in [0.5, 0.6) is 5.75 Å². The SMILES string of the molecule is COC(=O)C1CC[NH+]([C@H](C(=O)Nc2cccc(OC)c2)c2ccccc2)CC1. The number of ether oxygens (including phenoxy) is 2. The summed E-state index contributed by atoms with van der Waals surface area (Å²) in [5.74, 6) is 0.397. The van der Waals surface area contributed by atoms with Gasteiger partial charge in [0.25, 0.3) is 5.91 Å². The number of hydrogen-bond donors (Lipinski definition) is 2. The van der Waals surface area contributed by atoms with Crippen LogP contribution in [0.15, 0.2) is 54.6 Å². The summed E-state index contributed by atoms with van der Waals surface area (Å²) in [6.07, 6.45) is 1.44. The molecule has 3 rings (SSSR count). The number of piperidine rings is 1. The van der Waals surface area contributed by atoms with Crippen molar-refractivity contribution in [3.05, 3.63) is 60.2 Å². The average molecular weight is 383 g/mol. The maximum atomic E-state index is 13.2. The summed E-state index contributed by atoms with van der Waals surface area (Å²) >= 11 is 0. The van der Waals surface area contributed by atoms with Gasteiger partial charge in [-0.1, -0.05) is 36.4 Å². The Morgan fingerprint density at radius 3 is 2.39 bits per heavy atom. The molecule has 0 aromatic heterocycles. The molecule has 2 aromatic carbocycles. The molecule has 0 bridgehead atoms. The summed E-state index contributed by atoms with van der Waals surface area (Å²) in [6, 6.07) is 16.8. The van der Waals surface area contributed by atoms with Crippen molar-refractivity contribution in [3.63, 3.8) is 0 Å². The number of carbonyl (C=O) groups excluding carboxylic acids is 2. The van der Waals surface area contributed by atoms with Crippen molar-refractivity contribution in [2.45, 2.75) is 18.9 Å². The Hall–Kier alpha value is -2.86. The van der Waals surface area contributed by atoms with Crippen LogP contribution in [0.25, 0.3) is 0 Å². The number of hydrogen-bond acceptors (Lipinski definition) is 4. The van der Waals surface area contributed by atoms with Crippen LogP contribution in [0.1, 0.15) is 24.4 Å². The monoisotopic (exact) mass is 383 g/mol. The number of esters is 1. The van der Waals surface area contributed by atoms with Crippen molar-refractivity contribution in [3.8, 4) is 5.75 Å². The highest BCUT2D eigenvalue weighted by Gasteiger charge is 2.36. The minimum atomic E-state index is -0.342. The smallest absolute Gasteiger partial charge is 0.309 e. The molecular formula is C22H27N2O4+. The lowest BCUT2D eigenvalue weighted by Crippen LogP contribution is -3.14. The first-order valence-electron chi connectivity index (χ1n) is 9.54. The average Bonchev–Trinajstić information content (AvgIpc) is 2.74. The Bertz CT molecular complexity index is 801. The second-order valence-corrected chi connectivity index (χ2v) is 7.02. The molecule has 1 amide bonds. The summed E-state index contributed by atoms with van der Waals surface area (Å²) in [6.45, 7) is 1.48. The van der Waals surface area contributed by atoms with Crippen molar-refractivity contribution in [2.75, 3.05) is 32.6 Å². The van der Waals surface area contributed by atoms with Gasteiger partial charge in [-0.2, -0.15) is 0 Å². The summed E-state index contributed by atoms with van der Waals surface area (Å²) in [5.41, 5.74) is 1.67. The van der Waals surface area contributed by atoms with E-state index in [1.54, 1.807) is 13.2 Å². The predicted molar refractivity (Wildman–Crippen MR) is 106 cm³/mol. The molecule has 1 aliphatic rings. The van der Waals surface area contributed by atoms with Crippen LogP contribution in [0.3, 0.4) is 0 Å². The first-order chi connectivity index (χ1) is 13.6. The number of nitrogens with one attached hydrogen (secondary N) is 2. The van der Waals surface area contributed by atoms with Gasteiger partial charge < -0.3 is 19.7 Å². The lowest BCUT2D eigenvalue weighted by atomic mass is 9.94. The number of rotatable bonds is 6. The van der Waals surface area contributed by atoms with Gasteiger partial charge in [0.05, 0.1) is 33.2 Å². The lowest BCUT2D eigenvalue weighted by molar-refractivity contribution is -0.927. The Balaban J connectivity index is 1.78. The molecule has 28 heavy (non-hydrogen) atoms. The van der Waals surface area contributed by atoms with E-state index in [0.717, 1.165) is 36.4 Å². The fraction of sp³-hybridized carbons (Fsp3) is 0.364. The summed E-state index contributed by atoms with van der Waals surface area (Å²) in [4.78, 5) is 26.2. The molecule has 0 radical (unpaired) electrons. The highest BCUT2D eigenvalue weighted by atomic mass is 16.5. The second kappa shape index (κ2) is 9.37. The van der Waals surface area contributed by atoms with Gasteiger partial charge in [-0.15, -0.1) is 0 Å². The number of quaternary nitrogens is 1. The van der Waals surface area contributed by atoms with Gasteiger partial charge in [-0.3, -0.25) is 9.59 Å². The highest BCUT2D eigenvalue weighted by Crippen LogP contribution is 2.20. The minimum absolute atomic E-state index is 0.0639. The molecule has 2 aromatic rings. The van der Waals surface area contributed by atoms with Crippen LogP contribution in [-0.2, 0) is 14.3 Å². The van der Waals surface area contributed by atoms with Gasteiger partial charge in [0.1, 0.15) is 5.75 Å². The number of likely N-dealkylation sites (tertiary alicyclic amines) is 1. The van der Waals surface area contributed by atoms with Crippen LogP contribution >= 0.6 is 0 Å². The maximum Gasteiger partial charge on any atom is 0.309 e. The minimum Gasteiger partial charge on any atom is -0.497 e.